The third-order valence-corrected chi connectivity index (χ3v) is 4.88. The fourth-order valence-corrected chi connectivity index (χ4v) is 3.30. The Morgan fingerprint density at radius 2 is 1.92 bits per heavy atom. The van der Waals surface area contributed by atoms with E-state index in [0.29, 0.717) is 19.5 Å². The van der Waals surface area contributed by atoms with Crippen LogP contribution in [-0.2, 0) is 11.2 Å². The van der Waals surface area contributed by atoms with Gasteiger partial charge in [-0.1, -0.05) is 65.4 Å². The lowest BCUT2D eigenvalue weighted by molar-refractivity contribution is -0.137. The first-order chi connectivity index (χ1) is 12.7. The third-order valence-electron chi connectivity index (χ3n) is 4.88. The Morgan fingerprint density at radius 3 is 2.69 bits per heavy atom. The molecule has 4 rings (SSSR count). The molecular formula is C21H22N4O. The smallest absolute Gasteiger partial charge is 0.223 e. The highest BCUT2D eigenvalue weighted by molar-refractivity contribution is 5.77. The van der Waals surface area contributed by atoms with E-state index in [1.165, 1.54) is 11.1 Å². The molecular weight excluding hydrogens is 324 g/mol. The molecule has 1 aliphatic heterocycles. The van der Waals surface area contributed by atoms with Gasteiger partial charge in [0.05, 0.1) is 12.2 Å². The van der Waals surface area contributed by atoms with Gasteiger partial charge >= 0.3 is 0 Å². The van der Waals surface area contributed by atoms with Crippen molar-refractivity contribution in [3.8, 4) is 11.3 Å². The van der Waals surface area contributed by atoms with Gasteiger partial charge in [0.15, 0.2) is 0 Å². The molecule has 1 amide bonds. The molecule has 0 aliphatic carbocycles. The maximum Gasteiger partial charge on any atom is 0.223 e. The summed E-state index contributed by atoms with van der Waals surface area (Å²) in [7, 11) is 0. The number of aryl methyl sites for hydroxylation is 2. The maximum absolute atomic E-state index is 12.4. The molecule has 1 aliphatic rings. The van der Waals surface area contributed by atoms with E-state index in [9.17, 15) is 4.79 Å². The standard InChI is InChI=1S/C21H22N4O/c1-16-6-5-7-17(12-16)10-11-21(26)24-13-19(14-24)25-15-20(22-23-25)18-8-3-2-4-9-18/h2-9,12,15,19H,10-11,13-14H2,1H3. The van der Waals surface area contributed by atoms with Gasteiger partial charge in [0.25, 0.3) is 0 Å². The number of nitrogens with zero attached hydrogens (tertiary/aromatic N) is 4. The zero-order valence-electron chi connectivity index (χ0n) is 14.9. The Hall–Kier alpha value is -2.95. The molecule has 2 heterocycles. The van der Waals surface area contributed by atoms with Gasteiger partial charge in [0.1, 0.15) is 5.69 Å². The van der Waals surface area contributed by atoms with Crippen LogP contribution in [0.25, 0.3) is 11.3 Å². The lowest BCUT2D eigenvalue weighted by Crippen LogP contribution is -2.50. The monoisotopic (exact) mass is 346 g/mol. The van der Waals surface area contributed by atoms with Gasteiger partial charge in [-0.25, -0.2) is 4.68 Å². The fourth-order valence-electron chi connectivity index (χ4n) is 3.30. The molecule has 0 spiro atoms. The molecule has 0 unspecified atom stereocenters. The Bertz CT molecular complexity index is 897. The minimum atomic E-state index is 0.214. The largest absolute Gasteiger partial charge is 0.338 e. The minimum absolute atomic E-state index is 0.214. The van der Waals surface area contributed by atoms with Gasteiger partial charge in [0, 0.05) is 25.1 Å². The van der Waals surface area contributed by atoms with Crippen molar-refractivity contribution in [1.82, 2.24) is 19.9 Å². The highest BCUT2D eigenvalue weighted by Crippen LogP contribution is 2.24. The number of benzene rings is 2. The topological polar surface area (TPSA) is 51.0 Å². The second-order valence-corrected chi connectivity index (χ2v) is 6.89. The number of carbonyl (C=O) groups excluding carboxylic acids is 1. The molecule has 0 bridgehead atoms. The van der Waals surface area contributed by atoms with Crippen LogP contribution in [-0.4, -0.2) is 38.9 Å². The Balaban J connectivity index is 1.30. The van der Waals surface area contributed by atoms with Gasteiger partial charge in [-0.15, -0.1) is 5.10 Å². The van der Waals surface area contributed by atoms with Crippen molar-refractivity contribution in [2.24, 2.45) is 0 Å². The number of likely N-dealkylation sites (tertiary alicyclic amines) is 1. The molecule has 26 heavy (non-hydrogen) atoms. The summed E-state index contributed by atoms with van der Waals surface area (Å²) >= 11 is 0. The predicted octanol–water partition coefficient (Wildman–Crippen LogP) is 3.27. The van der Waals surface area contributed by atoms with Crippen LogP contribution >= 0.6 is 0 Å². The summed E-state index contributed by atoms with van der Waals surface area (Å²) in [6.45, 7) is 3.50. The van der Waals surface area contributed by atoms with Gasteiger partial charge in [-0.05, 0) is 18.9 Å². The van der Waals surface area contributed by atoms with Crippen LogP contribution in [0.5, 0.6) is 0 Å². The first kappa shape index (κ1) is 16.5. The van der Waals surface area contributed by atoms with E-state index in [4.69, 9.17) is 0 Å². The van der Waals surface area contributed by atoms with Crippen LogP contribution < -0.4 is 0 Å². The van der Waals surface area contributed by atoms with E-state index >= 15 is 0 Å². The summed E-state index contributed by atoms with van der Waals surface area (Å²) in [6, 6.07) is 18.6. The number of hydrogen-bond acceptors (Lipinski definition) is 3. The molecule has 5 nitrogen and oxygen atoms in total. The summed E-state index contributed by atoms with van der Waals surface area (Å²) in [5.74, 6) is 0.214. The zero-order valence-corrected chi connectivity index (χ0v) is 14.9. The highest BCUT2D eigenvalue weighted by Gasteiger charge is 2.32. The van der Waals surface area contributed by atoms with Gasteiger partial charge < -0.3 is 4.90 Å². The summed E-state index contributed by atoms with van der Waals surface area (Å²) in [4.78, 5) is 14.3. The van der Waals surface area contributed by atoms with E-state index < -0.39 is 0 Å². The Labute approximate surface area is 153 Å². The van der Waals surface area contributed by atoms with E-state index in [2.05, 4.69) is 35.4 Å². The molecule has 3 aromatic rings. The number of rotatable bonds is 5. The van der Waals surface area contributed by atoms with Crippen LogP contribution in [0, 0.1) is 6.92 Å². The number of amides is 1. The molecule has 0 radical (unpaired) electrons. The second kappa shape index (κ2) is 7.12. The van der Waals surface area contributed by atoms with Crippen molar-refractivity contribution in [1.29, 1.82) is 0 Å². The molecule has 0 atom stereocenters. The molecule has 1 aromatic heterocycles. The summed E-state index contributed by atoms with van der Waals surface area (Å²) in [5, 5.41) is 8.49. The first-order valence-corrected chi connectivity index (χ1v) is 8.99. The van der Waals surface area contributed by atoms with Crippen molar-refractivity contribution in [2.45, 2.75) is 25.8 Å². The average Bonchev–Trinajstić information content (AvgIpc) is 3.09. The first-order valence-electron chi connectivity index (χ1n) is 8.99. The molecule has 0 N–H and O–H groups in total. The normalized spacial score (nSPS) is 14.3. The Kier molecular flexibility index (Phi) is 4.52. The SMILES string of the molecule is Cc1cccc(CCC(=O)N2CC(n3cc(-c4ccccc4)nn3)C2)c1. The lowest BCUT2D eigenvalue weighted by Gasteiger charge is -2.39. The lowest BCUT2D eigenvalue weighted by atomic mass is 10.0. The van der Waals surface area contributed by atoms with Crippen LogP contribution in [0.4, 0.5) is 0 Å². The summed E-state index contributed by atoms with van der Waals surface area (Å²) in [6.07, 6.45) is 3.32. The zero-order chi connectivity index (χ0) is 17.9. The maximum atomic E-state index is 12.4. The highest BCUT2D eigenvalue weighted by atomic mass is 16.2. The van der Waals surface area contributed by atoms with E-state index in [1.807, 2.05) is 52.2 Å². The fraction of sp³-hybridized carbons (Fsp3) is 0.286. The number of hydrogen-bond donors (Lipinski definition) is 0. The van der Waals surface area contributed by atoms with Crippen molar-refractivity contribution >= 4 is 5.91 Å². The van der Waals surface area contributed by atoms with Gasteiger partial charge in [-0.2, -0.15) is 0 Å². The van der Waals surface area contributed by atoms with Crippen molar-refractivity contribution in [3.63, 3.8) is 0 Å². The molecule has 0 saturated carbocycles. The van der Waals surface area contributed by atoms with E-state index in [1.54, 1.807) is 0 Å². The van der Waals surface area contributed by atoms with Crippen molar-refractivity contribution < 1.29 is 4.79 Å². The summed E-state index contributed by atoms with van der Waals surface area (Å²) < 4.78 is 1.88. The summed E-state index contributed by atoms with van der Waals surface area (Å²) in [5.41, 5.74) is 4.39. The second-order valence-electron chi connectivity index (χ2n) is 6.89. The van der Waals surface area contributed by atoms with Crippen LogP contribution in [0.3, 0.4) is 0 Å². The van der Waals surface area contributed by atoms with Crippen LogP contribution in [0.15, 0.2) is 60.8 Å². The van der Waals surface area contributed by atoms with E-state index in [0.717, 1.165) is 17.7 Å². The molecule has 5 heteroatoms. The van der Waals surface area contributed by atoms with E-state index in [-0.39, 0.29) is 11.9 Å². The van der Waals surface area contributed by atoms with Crippen molar-refractivity contribution in [3.05, 3.63) is 71.9 Å². The molecule has 1 fully saturated rings. The van der Waals surface area contributed by atoms with Crippen LogP contribution in [0.1, 0.15) is 23.6 Å². The minimum Gasteiger partial charge on any atom is -0.338 e. The van der Waals surface area contributed by atoms with Crippen molar-refractivity contribution in [2.75, 3.05) is 13.1 Å². The van der Waals surface area contributed by atoms with Crippen LogP contribution in [0.2, 0.25) is 0 Å². The average molecular weight is 346 g/mol. The molecule has 132 valence electrons. The van der Waals surface area contributed by atoms with Gasteiger partial charge in [-0.3, -0.25) is 4.79 Å². The quantitative estimate of drug-likeness (QED) is 0.712. The molecule has 2 aromatic carbocycles. The number of aromatic nitrogens is 3. The number of carbonyl (C=O) groups is 1. The van der Waals surface area contributed by atoms with Gasteiger partial charge in [0.2, 0.25) is 5.91 Å². The Morgan fingerprint density at radius 1 is 1.12 bits per heavy atom. The molecule has 1 saturated heterocycles. The third kappa shape index (κ3) is 3.52. The predicted molar refractivity (Wildman–Crippen MR) is 101 cm³/mol.